The van der Waals surface area contributed by atoms with E-state index in [1.807, 2.05) is 37.3 Å². The Morgan fingerprint density at radius 1 is 0.794 bits per heavy atom. The minimum absolute atomic E-state index is 0.227. The van der Waals surface area contributed by atoms with E-state index >= 15 is 0 Å². The lowest BCUT2D eigenvalue weighted by molar-refractivity contribution is -0.127. The third-order valence-electron chi connectivity index (χ3n) is 7.11. The molecule has 3 aliphatic rings. The predicted molar refractivity (Wildman–Crippen MR) is 131 cm³/mol. The van der Waals surface area contributed by atoms with Crippen LogP contribution in [-0.2, 0) is 14.3 Å². The molecular formula is C27H18INO5. The summed E-state index contributed by atoms with van der Waals surface area (Å²) in [5, 5.41) is 0. The molecule has 6 rings (SSSR count). The number of carbonyl (C=O) groups excluding carboxylic acids is 4. The second kappa shape index (κ2) is 7.41. The second-order valence-electron chi connectivity index (χ2n) is 8.80. The van der Waals surface area contributed by atoms with Gasteiger partial charge in [0, 0.05) is 14.7 Å². The number of amides is 2. The van der Waals surface area contributed by atoms with Gasteiger partial charge in [-0.25, -0.2) is 4.90 Å². The van der Waals surface area contributed by atoms with Crippen molar-refractivity contribution in [1.82, 2.24) is 0 Å². The number of nitrogens with zero attached hydrogens (tertiary/aromatic N) is 1. The number of benzene rings is 3. The Balaban J connectivity index is 1.58. The fraction of sp³-hybridized carbons (Fsp3) is 0.185. The van der Waals surface area contributed by atoms with E-state index in [0.717, 1.165) is 14.0 Å². The van der Waals surface area contributed by atoms with Crippen molar-refractivity contribution in [3.8, 4) is 0 Å². The van der Waals surface area contributed by atoms with Crippen molar-refractivity contribution >= 4 is 51.7 Å². The lowest BCUT2D eigenvalue weighted by atomic mass is 9.77. The van der Waals surface area contributed by atoms with Gasteiger partial charge in [0.1, 0.15) is 0 Å². The average Bonchev–Trinajstić information content (AvgIpc) is 3.40. The van der Waals surface area contributed by atoms with Crippen LogP contribution in [-0.4, -0.2) is 29.0 Å². The van der Waals surface area contributed by atoms with E-state index in [1.54, 1.807) is 42.5 Å². The summed E-state index contributed by atoms with van der Waals surface area (Å²) in [4.78, 5) is 56.5. The molecule has 6 nitrogen and oxygen atoms in total. The quantitative estimate of drug-likeness (QED) is 0.264. The molecule has 3 aromatic rings. The SMILES string of the molecule is Cc1ccccc1[C@@H]1OC2(C(=O)c3ccccc3C2=O)[C@H]2C(=O)N(c3ccccc3I)C(=O)[C@H]12. The van der Waals surface area contributed by atoms with Crippen LogP contribution in [0.5, 0.6) is 0 Å². The topological polar surface area (TPSA) is 80.8 Å². The molecule has 0 radical (unpaired) electrons. The number of Topliss-reactive ketones (excluding diaryl/α,β-unsaturated/α-hetero) is 2. The lowest BCUT2D eigenvalue weighted by Gasteiger charge is -2.28. The molecule has 0 saturated carbocycles. The standard InChI is InChI=1S/C27H18INO5/c1-14-8-2-3-9-15(14)22-20-21(26(33)29(25(20)32)19-13-7-6-12-18(19)28)27(34-22)23(30)16-10-4-5-11-17(16)24(27)31/h2-13,20-22H,1H3/t20-,21+,22-/m0/s1. The molecule has 1 spiro atoms. The first-order valence-electron chi connectivity index (χ1n) is 10.9. The summed E-state index contributed by atoms with van der Waals surface area (Å²) in [6, 6.07) is 20.9. The molecular weight excluding hydrogens is 545 g/mol. The van der Waals surface area contributed by atoms with Crippen LogP contribution in [0.4, 0.5) is 5.69 Å². The van der Waals surface area contributed by atoms with Crippen LogP contribution in [0.25, 0.3) is 0 Å². The number of halogens is 1. The molecule has 168 valence electrons. The average molecular weight is 563 g/mol. The maximum absolute atomic E-state index is 13.9. The number of anilines is 1. The molecule has 0 aromatic heterocycles. The van der Waals surface area contributed by atoms with Crippen LogP contribution >= 0.6 is 22.6 Å². The van der Waals surface area contributed by atoms with Gasteiger partial charge in [-0.2, -0.15) is 0 Å². The summed E-state index contributed by atoms with van der Waals surface area (Å²) >= 11 is 2.07. The Labute approximate surface area is 209 Å². The van der Waals surface area contributed by atoms with Gasteiger partial charge in [0.05, 0.1) is 23.6 Å². The highest BCUT2D eigenvalue weighted by molar-refractivity contribution is 14.1. The number of hydrogen-bond donors (Lipinski definition) is 0. The Hall–Kier alpha value is -3.17. The first kappa shape index (κ1) is 21.4. The van der Waals surface area contributed by atoms with Crippen molar-refractivity contribution in [3.63, 3.8) is 0 Å². The normalized spacial score (nSPS) is 24.8. The lowest BCUT2D eigenvalue weighted by Crippen LogP contribution is -2.51. The van der Waals surface area contributed by atoms with Gasteiger partial charge in [0.15, 0.2) is 0 Å². The van der Waals surface area contributed by atoms with E-state index in [9.17, 15) is 19.2 Å². The van der Waals surface area contributed by atoms with E-state index in [-0.39, 0.29) is 11.1 Å². The number of hydrogen-bond acceptors (Lipinski definition) is 5. The highest BCUT2D eigenvalue weighted by Gasteiger charge is 2.74. The fourth-order valence-electron chi connectivity index (χ4n) is 5.58. The Bertz CT molecular complexity index is 1390. The number of ketones is 2. The Morgan fingerprint density at radius 2 is 1.38 bits per heavy atom. The first-order chi connectivity index (χ1) is 16.4. The van der Waals surface area contributed by atoms with Gasteiger partial charge in [0.2, 0.25) is 29.0 Å². The molecule has 7 heteroatoms. The van der Waals surface area contributed by atoms with Crippen LogP contribution in [0.15, 0.2) is 72.8 Å². The molecule has 1 aliphatic carbocycles. The minimum atomic E-state index is -2.05. The summed E-state index contributed by atoms with van der Waals surface area (Å²) in [6.07, 6.45) is -0.906. The molecule has 2 saturated heterocycles. The molecule has 3 aromatic carbocycles. The van der Waals surface area contributed by atoms with Gasteiger partial charge in [-0.3, -0.25) is 19.2 Å². The molecule has 0 N–H and O–H groups in total. The maximum Gasteiger partial charge on any atom is 0.241 e. The van der Waals surface area contributed by atoms with Crippen molar-refractivity contribution < 1.29 is 23.9 Å². The second-order valence-corrected chi connectivity index (χ2v) is 9.96. The number of para-hydroxylation sites is 1. The van der Waals surface area contributed by atoms with E-state index < -0.39 is 46.9 Å². The third kappa shape index (κ3) is 2.59. The molecule has 0 unspecified atom stereocenters. The zero-order chi connectivity index (χ0) is 23.8. The van der Waals surface area contributed by atoms with Crippen molar-refractivity contribution in [1.29, 1.82) is 0 Å². The first-order valence-corrected chi connectivity index (χ1v) is 12.0. The zero-order valence-corrected chi connectivity index (χ0v) is 20.2. The highest BCUT2D eigenvalue weighted by atomic mass is 127. The zero-order valence-electron chi connectivity index (χ0n) is 18.0. The van der Waals surface area contributed by atoms with Crippen molar-refractivity contribution in [2.45, 2.75) is 18.6 Å². The fourth-order valence-corrected chi connectivity index (χ4v) is 6.20. The Kier molecular flexibility index (Phi) is 4.66. The van der Waals surface area contributed by atoms with Gasteiger partial charge in [0.25, 0.3) is 0 Å². The van der Waals surface area contributed by atoms with Gasteiger partial charge < -0.3 is 4.74 Å². The molecule has 2 fully saturated rings. The minimum Gasteiger partial charge on any atom is -0.349 e. The van der Waals surface area contributed by atoms with Crippen LogP contribution in [0.3, 0.4) is 0 Å². The van der Waals surface area contributed by atoms with Crippen molar-refractivity contribution in [2.75, 3.05) is 4.90 Å². The number of rotatable bonds is 2. The van der Waals surface area contributed by atoms with E-state index in [0.29, 0.717) is 11.3 Å². The summed E-state index contributed by atoms with van der Waals surface area (Å²) in [5.41, 5.74) is 0.391. The van der Waals surface area contributed by atoms with Gasteiger partial charge in [-0.05, 0) is 52.8 Å². The van der Waals surface area contributed by atoms with E-state index in [4.69, 9.17) is 4.74 Å². The van der Waals surface area contributed by atoms with E-state index in [2.05, 4.69) is 22.6 Å². The number of ether oxygens (including phenoxy) is 1. The van der Waals surface area contributed by atoms with Crippen LogP contribution in [0, 0.1) is 22.3 Å². The summed E-state index contributed by atoms with van der Waals surface area (Å²) in [5.74, 6) is -4.37. The largest absolute Gasteiger partial charge is 0.349 e. The predicted octanol–water partition coefficient (Wildman–Crippen LogP) is 4.29. The van der Waals surface area contributed by atoms with Crippen molar-refractivity contribution in [3.05, 3.63) is 98.6 Å². The smallest absolute Gasteiger partial charge is 0.241 e. The summed E-state index contributed by atoms with van der Waals surface area (Å²) in [7, 11) is 0. The number of aryl methyl sites for hydroxylation is 1. The molecule has 3 atom stereocenters. The summed E-state index contributed by atoms with van der Waals surface area (Å²) < 4.78 is 7.06. The van der Waals surface area contributed by atoms with Crippen LogP contribution in [0.2, 0.25) is 0 Å². The third-order valence-corrected chi connectivity index (χ3v) is 8.02. The molecule has 2 amide bonds. The van der Waals surface area contributed by atoms with E-state index in [1.165, 1.54) is 0 Å². The number of imide groups is 1. The number of fused-ring (bicyclic) bond motifs is 3. The van der Waals surface area contributed by atoms with Crippen LogP contribution < -0.4 is 4.90 Å². The monoisotopic (exact) mass is 563 g/mol. The van der Waals surface area contributed by atoms with Crippen LogP contribution in [0.1, 0.15) is 37.9 Å². The highest BCUT2D eigenvalue weighted by Crippen LogP contribution is 2.58. The Morgan fingerprint density at radius 3 is 2.03 bits per heavy atom. The van der Waals surface area contributed by atoms with Gasteiger partial charge in [-0.15, -0.1) is 0 Å². The summed E-state index contributed by atoms with van der Waals surface area (Å²) in [6.45, 7) is 1.88. The molecule has 34 heavy (non-hydrogen) atoms. The molecule has 2 aliphatic heterocycles. The maximum atomic E-state index is 13.9. The van der Waals surface area contributed by atoms with Crippen molar-refractivity contribution in [2.24, 2.45) is 11.8 Å². The van der Waals surface area contributed by atoms with Gasteiger partial charge >= 0.3 is 0 Å². The molecule has 2 heterocycles. The molecule has 0 bridgehead atoms. The number of carbonyl (C=O) groups is 4. The van der Waals surface area contributed by atoms with Gasteiger partial charge in [-0.1, -0.05) is 60.7 Å².